The van der Waals surface area contributed by atoms with E-state index in [1.165, 1.54) is 18.9 Å². The minimum atomic E-state index is -0.817. The van der Waals surface area contributed by atoms with Crippen molar-refractivity contribution in [1.29, 1.82) is 0 Å². The van der Waals surface area contributed by atoms with Crippen LogP contribution >= 0.6 is 0 Å². The fraction of sp³-hybridized carbons (Fsp3) is 0.750. The van der Waals surface area contributed by atoms with Gasteiger partial charge in [0.25, 0.3) is 0 Å². The van der Waals surface area contributed by atoms with Gasteiger partial charge in [-0.25, -0.2) is 4.79 Å². The van der Waals surface area contributed by atoms with E-state index < -0.39 is 18.1 Å². The van der Waals surface area contributed by atoms with Crippen LogP contribution in [0.1, 0.15) is 13.3 Å². The standard InChI is InChI=1S/C8H13NO4/c1-5(10)9-4-3-6(11)7(9)8(12)13-2/h6-7,11H,3-4H2,1-2H3/t6-,7-/m0/s1. The van der Waals surface area contributed by atoms with E-state index in [-0.39, 0.29) is 5.91 Å². The molecule has 1 N–H and O–H groups in total. The van der Waals surface area contributed by atoms with Gasteiger partial charge in [-0.3, -0.25) is 4.79 Å². The van der Waals surface area contributed by atoms with E-state index in [1.54, 1.807) is 0 Å². The lowest BCUT2D eigenvalue weighted by Crippen LogP contribution is -2.44. The SMILES string of the molecule is COC(=O)[C@@H]1[C@@H](O)CCN1C(C)=O. The van der Waals surface area contributed by atoms with E-state index in [2.05, 4.69) is 4.74 Å². The van der Waals surface area contributed by atoms with Gasteiger partial charge in [0.1, 0.15) is 0 Å². The van der Waals surface area contributed by atoms with Crippen molar-refractivity contribution in [1.82, 2.24) is 4.90 Å². The number of methoxy groups -OCH3 is 1. The topological polar surface area (TPSA) is 66.8 Å². The van der Waals surface area contributed by atoms with Crippen molar-refractivity contribution in [3.63, 3.8) is 0 Å². The minimum absolute atomic E-state index is 0.216. The molecule has 0 spiro atoms. The van der Waals surface area contributed by atoms with Crippen molar-refractivity contribution in [2.45, 2.75) is 25.5 Å². The first-order chi connectivity index (χ1) is 6.07. The Bertz CT molecular complexity index is 228. The summed E-state index contributed by atoms with van der Waals surface area (Å²) >= 11 is 0. The predicted molar refractivity (Wildman–Crippen MR) is 43.8 cm³/mol. The number of hydrogen-bond acceptors (Lipinski definition) is 4. The average molecular weight is 187 g/mol. The maximum atomic E-state index is 11.2. The molecule has 2 atom stereocenters. The minimum Gasteiger partial charge on any atom is -0.467 e. The lowest BCUT2D eigenvalue weighted by Gasteiger charge is -2.22. The van der Waals surface area contributed by atoms with Gasteiger partial charge in [-0.15, -0.1) is 0 Å². The van der Waals surface area contributed by atoms with Crippen molar-refractivity contribution in [3.8, 4) is 0 Å². The van der Waals surface area contributed by atoms with E-state index in [0.717, 1.165) is 0 Å². The van der Waals surface area contributed by atoms with E-state index >= 15 is 0 Å². The second-order valence-corrected chi connectivity index (χ2v) is 3.04. The fourth-order valence-corrected chi connectivity index (χ4v) is 1.53. The van der Waals surface area contributed by atoms with Crippen LogP contribution in [0.15, 0.2) is 0 Å². The molecule has 1 rings (SSSR count). The third-order valence-electron chi connectivity index (χ3n) is 2.21. The summed E-state index contributed by atoms with van der Waals surface area (Å²) in [6.45, 7) is 1.78. The molecule has 1 aliphatic heterocycles. The predicted octanol–water partition coefficient (Wildman–Crippen LogP) is -0.859. The number of hydrogen-bond donors (Lipinski definition) is 1. The quantitative estimate of drug-likeness (QED) is 0.542. The second-order valence-electron chi connectivity index (χ2n) is 3.04. The fourth-order valence-electron chi connectivity index (χ4n) is 1.53. The molecule has 0 aromatic carbocycles. The van der Waals surface area contributed by atoms with Gasteiger partial charge in [0, 0.05) is 13.5 Å². The Labute approximate surface area is 76.3 Å². The number of esters is 1. The maximum Gasteiger partial charge on any atom is 0.331 e. The van der Waals surface area contributed by atoms with Gasteiger partial charge >= 0.3 is 5.97 Å². The van der Waals surface area contributed by atoms with Gasteiger partial charge in [0.05, 0.1) is 13.2 Å². The molecule has 74 valence electrons. The van der Waals surface area contributed by atoms with Crippen LogP contribution in [0.25, 0.3) is 0 Å². The highest BCUT2D eigenvalue weighted by Crippen LogP contribution is 2.18. The van der Waals surface area contributed by atoms with Gasteiger partial charge in [0.15, 0.2) is 6.04 Å². The summed E-state index contributed by atoms with van der Waals surface area (Å²) in [6, 6.07) is -0.817. The normalized spacial score (nSPS) is 27.5. The number of aliphatic hydroxyl groups is 1. The Morgan fingerprint density at radius 2 is 2.15 bits per heavy atom. The first-order valence-electron chi connectivity index (χ1n) is 4.11. The number of ether oxygens (including phenoxy) is 1. The summed E-state index contributed by atoms with van der Waals surface area (Å²) in [5.74, 6) is -0.771. The molecule has 13 heavy (non-hydrogen) atoms. The number of likely N-dealkylation sites (tertiary alicyclic amines) is 1. The van der Waals surface area contributed by atoms with Crippen LogP contribution in [-0.2, 0) is 14.3 Å². The largest absolute Gasteiger partial charge is 0.467 e. The Morgan fingerprint density at radius 3 is 2.62 bits per heavy atom. The van der Waals surface area contributed by atoms with Crippen LogP contribution in [0.5, 0.6) is 0 Å². The highest BCUT2D eigenvalue weighted by atomic mass is 16.5. The summed E-state index contributed by atoms with van der Waals surface area (Å²) in [5, 5.41) is 9.42. The zero-order valence-electron chi connectivity index (χ0n) is 7.69. The summed E-state index contributed by atoms with van der Waals surface area (Å²) in [6.07, 6.45) is -0.365. The molecule has 1 fully saturated rings. The number of aliphatic hydroxyl groups excluding tert-OH is 1. The van der Waals surface area contributed by atoms with Crippen LogP contribution in [0.2, 0.25) is 0 Å². The Kier molecular flexibility index (Phi) is 2.87. The molecule has 5 heteroatoms. The molecule has 1 saturated heterocycles. The van der Waals surface area contributed by atoms with Crippen LogP contribution in [0, 0.1) is 0 Å². The molecule has 0 bridgehead atoms. The van der Waals surface area contributed by atoms with Crippen LogP contribution in [-0.4, -0.2) is 47.7 Å². The van der Waals surface area contributed by atoms with E-state index in [4.69, 9.17) is 0 Å². The molecular weight excluding hydrogens is 174 g/mol. The van der Waals surface area contributed by atoms with Gasteiger partial charge in [0.2, 0.25) is 5.91 Å². The number of amides is 1. The molecule has 0 unspecified atom stereocenters. The number of rotatable bonds is 1. The third kappa shape index (κ3) is 1.80. The first kappa shape index (κ1) is 9.98. The highest BCUT2D eigenvalue weighted by Gasteiger charge is 2.40. The second kappa shape index (κ2) is 3.74. The summed E-state index contributed by atoms with van der Waals surface area (Å²) < 4.78 is 4.49. The van der Waals surface area contributed by atoms with E-state index in [1.807, 2.05) is 0 Å². The van der Waals surface area contributed by atoms with E-state index in [9.17, 15) is 14.7 Å². The maximum absolute atomic E-state index is 11.2. The first-order valence-corrected chi connectivity index (χ1v) is 4.11. The van der Waals surface area contributed by atoms with Crippen LogP contribution in [0.3, 0.4) is 0 Å². The van der Waals surface area contributed by atoms with Crippen molar-refractivity contribution < 1.29 is 19.4 Å². The zero-order chi connectivity index (χ0) is 10.0. The molecular formula is C8H13NO4. The molecule has 0 saturated carbocycles. The molecule has 0 aliphatic carbocycles. The number of nitrogens with zero attached hydrogens (tertiary/aromatic N) is 1. The zero-order valence-corrected chi connectivity index (χ0v) is 7.69. The lowest BCUT2D eigenvalue weighted by molar-refractivity contribution is -0.153. The molecule has 1 amide bonds. The number of carbonyl (C=O) groups is 2. The highest BCUT2D eigenvalue weighted by molar-refractivity contribution is 5.84. The van der Waals surface area contributed by atoms with Crippen LogP contribution in [0.4, 0.5) is 0 Å². The summed E-state index contributed by atoms with van der Waals surface area (Å²) in [5.41, 5.74) is 0. The smallest absolute Gasteiger partial charge is 0.331 e. The molecule has 0 aromatic rings. The summed E-state index contributed by atoms with van der Waals surface area (Å²) in [7, 11) is 1.24. The average Bonchev–Trinajstić information content (AvgIpc) is 2.46. The Balaban J connectivity index is 2.76. The molecule has 5 nitrogen and oxygen atoms in total. The van der Waals surface area contributed by atoms with Crippen molar-refractivity contribution in [2.75, 3.05) is 13.7 Å². The van der Waals surface area contributed by atoms with Crippen molar-refractivity contribution in [2.24, 2.45) is 0 Å². The van der Waals surface area contributed by atoms with Gasteiger partial charge in [-0.1, -0.05) is 0 Å². The van der Waals surface area contributed by atoms with Crippen LogP contribution < -0.4 is 0 Å². The summed E-state index contributed by atoms with van der Waals surface area (Å²) in [4.78, 5) is 23.5. The Hall–Kier alpha value is -1.10. The third-order valence-corrected chi connectivity index (χ3v) is 2.21. The molecule has 1 aliphatic rings. The Morgan fingerprint density at radius 1 is 1.54 bits per heavy atom. The lowest BCUT2D eigenvalue weighted by atomic mass is 10.2. The van der Waals surface area contributed by atoms with Gasteiger partial charge < -0.3 is 14.7 Å². The van der Waals surface area contributed by atoms with Crippen molar-refractivity contribution >= 4 is 11.9 Å². The van der Waals surface area contributed by atoms with Gasteiger partial charge in [-0.2, -0.15) is 0 Å². The van der Waals surface area contributed by atoms with Crippen molar-refractivity contribution in [3.05, 3.63) is 0 Å². The number of carbonyl (C=O) groups excluding carboxylic acids is 2. The van der Waals surface area contributed by atoms with E-state index in [0.29, 0.717) is 13.0 Å². The van der Waals surface area contributed by atoms with Gasteiger partial charge in [-0.05, 0) is 6.42 Å². The monoisotopic (exact) mass is 187 g/mol. The molecule has 1 heterocycles. The molecule has 0 radical (unpaired) electrons. The molecule has 0 aromatic heterocycles.